The van der Waals surface area contributed by atoms with Gasteiger partial charge in [0.15, 0.2) is 0 Å². The van der Waals surface area contributed by atoms with Gasteiger partial charge in [-0.2, -0.15) is 5.10 Å². The van der Waals surface area contributed by atoms with Crippen molar-refractivity contribution in [2.75, 3.05) is 5.73 Å². The highest BCUT2D eigenvalue weighted by Crippen LogP contribution is 2.06. The molecule has 0 radical (unpaired) electrons. The van der Waals surface area contributed by atoms with E-state index in [1.807, 2.05) is 0 Å². The monoisotopic (exact) mass is 268 g/mol. The van der Waals surface area contributed by atoms with E-state index in [2.05, 4.69) is 19.8 Å². The fourth-order valence-electron chi connectivity index (χ4n) is 1.27. The number of hydrogen-bond donors (Lipinski definition) is 2. The molecule has 2 heterocycles. The molecule has 0 aromatic carbocycles. The Balaban J connectivity index is 2.10. The molecule has 9 heteroatoms. The number of nitrogens with two attached hydrogens (primary N) is 1. The van der Waals surface area contributed by atoms with Crippen LogP contribution in [0.4, 0.5) is 5.95 Å². The van der Waals surface area contributed by atoms with Crippen molar-refractivity contribution in [2.45, 2.75) is 11.4 Å². The van der Waals surface area contributed by atoms with Crippen molar-refractivity contribution in [1.82, 2.24) is 24.5 Å². The lowest BCUT2D eigenvalue weighted by atomic mass is 10.4. The van der Waals surface area contributed by atoms with Crippen LogP contribution >= 0.6 is 0 Å². The third-order valence-electron chi connectivity index (χ3n) is 2.17. The minimum Gasteiger partial charge on any atom is -0.368 e. The minimum atomic E-state index is -3.65. The predicted octanol–water partition coefficient (Wildman–Crippen LogP) is -0.729. The number of rotatable bonds is 4. The Bertz CT molecular complexity index is 633. The maximum atomic E-state index is 11.9. The summed E-state index contributed by atoms with van der Waals surface area (Å²) in [6, 6.07) is 1.72. The number of nitrogen functional groups attached to an aromatic ring is 1. The molecule has 3 N–H and O–H groups in total. The van der Waals surface area contributed by atoms with Gasteiger partial charge in [-0.15, -0.1) is 0 Å². The average Bonchev–Trinajstić information content (AvgIpc) is 2.73. The lowest BCUT2D eigenvalue weighted by Crippen LogP contribution is -2.24. The first-order valence-corrected chi connectivity index (χ1v) is 6.51. The van der Waals surface area contributed by atoms with Crippen molar-refractivity contribution in [3.8, 4) is 0 Å². The van der Waals surface area contributed by atoms with E-state index in [4.69, 9.17) is 5.73 Å². The number of anilines is 1. The summed E-state index contributed by atoms with van der Waals surface area (Å²) in [7, 11) is -1.89. The highest BCUT2D eigenvalue weighted by molar-refractivity contribution is 7.89. The Morgan fingerprint density at radius 2 is 2.06 bits per heavy atom. The van der Waals surface area contributed by atoms with Crippen molar-refractivity contribution in [3.63, 3.8) is 0 Å². The maximum Gasteiger partial charge on any atom is 0.244 e. The quantitative estimate of drug-likeness (QED) is 0.755. The van der Waals surface area contributed by atoms with Gasteiger partial charge >= 0.3 is 0 Å². The van der Waals surface area contributed by atoms with Gasteiger partial charge in [-0.25, -0.2) is 23.1 Å². The first-order valence-electron chi connectivity index (χ1n) is 5.03. The second-order valence-electron chi connectivity index (χ2n) is 3.58. The lowest BCUT2D eigenvalue weighted by Gasteiger charge is -2.04. The van der Waals surface area contributed by atoms with Crippen LogP contribution in [0.3, 0.4) is 0 Å². The fourth-order valence-corrected chi connectivity index (χ4v) is 2.16. The molecule has 0 fully saturated rings. The molecule has 0 atom stereocenters. The van der Waals surface area contributed by atoms with Crippen LogP contribution in [0.25, 0.3) is 0 Å². The van der Waals surface area contributed by atoms with Gasteiger partial charge in [0.05, 0.1) is 24.6 Å². The van der Waals surface area contributed by atoms with Gasteiger partial charge in [-0.05, 0) is 6.07 Å². The summed E-state index contributed by atoms with van der Waals surface area (Å²) >= 11 is 0. The molecule has 96 valence electrons. The molecule has 0 aliphatic carbocycles. The minimum absolute atomic E-state index is 0.0266. The molecule has 0 aliphatic heterocycles. The van der Waals surface area contributed by atoms with E-state index in [9.17, 15) is 8.42 Å². The van der Waals surface area contributed by atoms with Crippen LogP contribution in [0.15, 0.2) is 29.6 Å². The Morgan fingerprint density at radius 3 is 2.61 bits per heavy atom. The van der Waals surface area contributed by atoms with Gasteiger partial charge in [0.2, 0.25) is 16.0 Å². The summed E-state index contributed by atoms with van der Waals surface area (Å²) in [6.45, 7) is 0.105. The molecule has 0 amide bonds. The van der Waals surface area contributed by atoms with Crippen molar-refractivity contribution in [1.29, 1.82) is 0 Å². The molecule has 0 spiro atoms. The van der Waals surface area contributed by atoms with Crippen LogP contribution < -0.4 is 10.5 Å². The van der Waals surface area contributed by atoms with E-state index in [-0.39, 0.29) is 17.4 Å². The van der Waals surface area contributed by atoms with E-state index in [1.54, 1.807) is 24.0 Å². The number of hydrogen-bond acceptors (Lipinski definition) is 6. The molecule has 0 saturated heterocycles. The predicted molar refractivity (Wildman–Crippen MR) is 63.7 cm³/mol. The Morgan fingerprint density at radius 1 is 1.39 bits per heavy atom. The largest absolute Gasteiger partial charge is 0.368 e. The number of sulfonamides is 1. The third kappa shape index (κ3) is 2.81. The topological polar surface area (TPSA) is 116 Å². The zero-order chi connectivity index (χ0) is 13.2. The standard InChI is InChI=1S/C9H12N6O2S/c1-15-3-2-7(14-15)4-13-18(16,17)8-5-11-9(10)12-6-8/h2-3,5-6,13H,4H2,1H3,(H2,10,11,12). The molecule has 2 aromatic heterocycles. The Hall–Kier alpha value is -2.00. The van der Waals surface area contributed by atoms with Crippen LogP contribution in [-0.2, 0) is 23.6 Å². The SMILES string of the molecule is Cn1ccc(CNS(=O)(=O)c2cnc(N)nc2)n1. The molecule has 2 rings (SSSR count). The van der Waals surface area contributed by atoms with Crippen molar-refractivity contribution < 1.29 is 8.42 Å². The molecular weight excluding hydrogens is 256 g/mol. The van der Waals surface area contributed by atoms with E-state index in [0.717, 1.165) is 12.4 Å². The highest BCUT2D eigenvalue weighted by Gasteiger charge is 2.15. The smallest absolute Gasteiger partial charge is 0.244 e. The Labute approximate surface area is 104 Å². The van der Waals surface area contributed by atoms with Gasteiger partial charge in [-0.1, -0.05) is 0 Å². The van der Waals surface area contributed by atoms with Crippen molar-refractivity contribution in [3.05, 3.63) is 30.4 Å². The summed E-state index contributed by atoms with van der Waals surface area (Å²) in [5.41, 5.74) is 5.91. The second kappa shape index (κ2) is 4.70. The van der Waals surface area contributed by atoms with Crippen LogP contribution in [0.5, 0.6) is 0 Å². The maximum absolute atomic E-state index is 11.9. The fraction of sp³-hybridized carbons (Fsp3) is 0.222. The van der Waals surface area contributed by atoms with Crippen LogP contribution in [0.2, 0.25) is 0 Å². The summed E-state index contributed by atoms with van der Waals surface area (Å²) in [5, 5.41) is 4.06. The molecule has 8 nitrogen and oxygen atoms in total. The molecule has 18 heavy (non-hydrogen) atoms. The molecule has 0 aliphatic rings. The van der Waals surface area contributed by atoms with Crippen LogP contribution in [-0.4, -0.2) is 28.2 Å². The van der Waals surface area contributed by atoms with Gasteiger partial charge < -0.3 is 5.73 Å². The number of aryl methyl sites for hydroxylation is 1. The molecular formula is C9H12N6O2S. The third-order valence-corrected chi connectivity index (χ3v) is 3.53. The van der Waals surface area contributed by atoms with Crippen LogP contribution in [0, 0.1) is 0 Å². The van der Waals surface area contributed by atoms with E-state index >= 15 is 0 Å². The molecule has 0 bridgehead atoms. The first kappa shape index (κ1) is 12.5. The van der Waals surface area contributed by atoms with Gasteiger partial charge in [0.25, 0.3) is 0 Å². The number of nitrogens with zero attached hydrogens (tertiary/aromatic N) is 4. The van der Waals surface area contributed by atoms with Crippen molar-refractivity contribution in [2.24, 2.45) is 7.05 Å². The zero-order valence-electron chi connectivity index (χ0n) is 9.61. The first-order chi connectivity index (χ1) is 8.47. The summed E-state index contributed by atoms with van der Waals surface area (Å²) in [6.07, 6.45) is 4.04. The van der Waals surface area contributed by atoms with Crippen LogP contribution in [0.1, 0.15) is 5.69 Å². The normalized spacial score (nSPS) is 11.6. The zero-order valence-corrected chi connectivity index (χ0v) is 10.4. The van der Waals surface area contributed by atoms with Gasteiger partial charge in [0, 0.05) is 13.2 Å². The van der Waals surface area contributed by atoms with Gasteiger partial charge in [-0.3, -0.25) is 4.68 Å². The molecule has 2 aromatic rings. The second-order valence-corrected chi connectivity index (χ2v) is 5.35. The molecule has 0 saturated carbocycles. The number of aromatic nitrogens is 4. The van der Waals surface area contributed by atoms with E-state index < -0.39 is 10.0 Å². The lowest BCUT2D eigenvalue weighted by molar-refractivity contribution is 0.578. The summed E-state index contributed by atoms with van der Waals surface area (Å²) < 4.78 is 27.7. The Kier molecular flexibility index (Phi) is 3.26. The molecule has 0 unspecified atom stereocenters. The van der Waals surface area contributed by atoms with E-state index in [1.165, 1.54) is 0 Å². The summed E-state index contributed by atoms with van der Waals surface area (Å²) in [5.74, 6) is 0.0266. The highest BCUT2D eigenvalue weighted by atomic mass is 32.2. The van der Waals surface area contributed by atoms with E-state index in [0.29, 0.717) is 5.69 Å². The van der Waals surface area contributed by atoms with Gasteiger partial charge in [0.1, 0.15) is 4.90 Å². The summed E-state index contributed by atoms with van der Waals surface area (Å²) in [4.78, 5) is 7.23. The average molecular weight is 268 g/mol. The van der Waals surface area contributed by atoms with Crippen molar-refractivity contribution >= 4 is 16.0 Å². The number of nitrogens with one attached hydrogen (secondary N) is 1.